The number of carbonyl (C=O) groups excluding carboxylic acids is 11. The number of sulfonamides is 2. The van der Waals surface area contributed by atoms with E-state index in [-0.39, 0.29) is 75.6 Å². The zero-order chi connectivity index (χ0) is 71.9. The van der Waals surface area contributed by atoms with Crippen LogP contribution in [0.2, 0.25) is 0 Å². The van der Waals surface area contributed by atoms with Crippen molar-refractivity contribution in [3.8, 4) is 0 Å². The standard InChI is InChI=1S/C33H50N6O8S.C33H48N6O8S/c2*1-17(2)23(28(42)38-48(46,47)19-11-9-8-10-12-19)36-31(45)37-26(32(3,4)5)30(44)39-16-20-22(33(20,6)7)24(39)29(43)35-21(15-18-13-14-18)25(40)27(34)41/h8-12,17-18,20-26,40H,13-16H2,1-7H3,(H2,34,41)(H,35,43)(H,38,42)(H2,36,37,45);8-12,17-18,20-24,26H,13-16H2,1-7H3,(H2,34,41)(H,35,43)(H,38,42)(H2,36,37,45)/t20-,21?,22-,23-,24-,25?,26+;20-,21?,22-,23-,24-,26+/m00/s1. The number of nitrogens with two attached hydrogens (primary N) is 2. The molecule has 4 aliphatic carbocycles. The number of nitrogens with zero attached hydrogens (tertiary/aromatic N) is 2. The maximum absolute atomic E-state index is 14.3. The minimum atomic E-state index is -4.21. The first-order valence-corrected chi connectivity index (χ1v) is 35.7. The minimum absolute atomic E-state index is 0.000879. The highest BCUT2D eigenvalue weighted by atomic mass is 32.2. The Kier molecular flexibility index (Phi) is 22.7. The van der Waals surface area contributed by atoms with Crippen LogP contribution < -0.4 is 52.8 Å². The molecule has 30 heteroatoms. The van der Waals surface area contributed by atoms with Gasteiger partial charge in [-0.3, -0.25) is 43.2 Å². The average Bonchev–Trinajstić information content (AvgIpc) is 1.53. The van der Waals surface area contributed by atoms with E-state index >= 15 is 0 Å². The molecule has 2 aromatic rings. The first kappa shape index (κ1) is 75.6. The maximum atomic E-state index is 14.3. The first-order chi connectivity index (χ1) is 44.3. The second kappa shape index (κ2) is 28.8. The van der Waals surface area contributed by atoms with Gasteiger partial charge in [0.25, 0.3) is 37.8 Å². The number of likely N-dealkylation sites (tertiary alicyclic amines) is 2. The number of hydrogen-bond acceptors (Lipinski definition) is 16. The van der Waals surface area contributed by atoms with Crippen LogP contribution in [0, 0.1) is 69.0 Å². The number of hydrogen-bond donors (Lipinski definition) is 11. The predicted octanol–water partition coefficient (Wildman–Crippen LogP) is 1.90. The fourth-order valence-corrected chi connectivity index (χ4v) is 15.5. The molecule has 530 valence electrons. The van der Waals surface area contributed by atoms with Gasteiger partial charge in [0.15, 0.2) is 6.10 Å². The summed E-state index contributed by atoms with van der Waals surface area (Å²) in [5, 5.41) is 26.4. The average molecular weight is 1380 g/mol. The van der Waals surface area contributed by atoms with Crippen molar-refractivity contribution in [3.63, 3.8) is 0 Å². The molecule has 0 radical (unpaired) electrons. The number of primary amides is 2. The Bertz CT molecular complexity index is 3550. The lowest BCUT2D eigenvalue weighted by atomic mass is 9.85. The van der Waals surface area contributed by atoms with Gasteiger partial charge in [-0.25, -0.2) is 35.9 Å². The number of aliphatic hydroxyl groups is 1. The normalized spacial score (nSPS) is 23.6. The van der Waals surface area contributed by atoms with Crippen LogP contribution in [0.3, 0.4) is 0 Å². The molecule has 2 aliphatic heterocycles. The molecule has 2 saturated heterocycles. The summed E-state index contributed by atoms with van der Waals surface area (Å²) >= 11 is 0. The Balaban J connectivity index is 0.000000271. The summed E-state index contributed by atoms with van der Waals surface area (Å²) in [6, 6.07) is 4.24. The number of Topliss-reactive ketones (excluding diaryl/α,β-unsaturated/α-hetero) is 1. The molecular weight excluding hydrogens is 1280 g/mol. The van der Waals surface area contributed by atoms with Crippen molar-refractivity contribution in [1.29, 1.82) is 0 Å². The summed E-state index contributed by atoms with van der Waals surface area (Å²) in [5.41, 5.74) is 8.46. The van der Waals surface area contributed by atoms with Gasteiger partial charge in [-0.2, -0.15) is 0 Å². The summed E-state index contributed by atoms with van der Waals surface area (Å²) in [7, 11) is -8.41. The van der Waals surface area contributed by atoms with Crippen molar-refractivity contribution < 1.29 is 74.7 Å². The van der Waals surface area contributed by atoms with Gasteiger partial charge in [-0.05, 0) is 106 Å². The fourth-order valence-electron chi connectivity index (χ4n) is 13.5. The molecule has 0 aromatic heterocycles. The summed E-state index contributed by atoms with van der Waals surface area (Å²) in [6.45, 7) is 25.6. The van der Waals surface area contributed by atoms with Gasteiger partial charge >= 0.3 is 12.1 Å². The summed E-state index contributed by atoms with van der Waals surface area (Å²) in [4.78, 5) is 148. The van der Waals surface area contributed by atoms with Gasteiger partial charge in [0.2, 0.25) is 35.3 Å². The molecule has 2 heterocycles. The zero-order valence-electron chi connectivity index (χ0n) is 57.2. The second-order valence-electron chi connectivity index (χ2n) is 30.7. The third-order valence-corrected chi connectivity index (χ3v) is 22.5. The topological polar surface area (TPSA) is 431 Å². The van der Waals surface area contributed by atoms with E-state index in [0.717, 1.165) is 25.7 Å². The molecule has 4 saturated carbocycles. The number of amides is 12. The molecule has 0 bridgehead atoms. The number of nitrogens with one attached hydrogen (secondary N) is 8. The van der Waals surface area contributed by atoms with E-state index in [2.05, 4.69) is 31.9 Å². The summed E-state index contributed by atoms with van der Waals surface area (Å²) in [5.74, 6) is -7.91. The van der Waals surface area contributed by atoms with Crippen LogP contribution in [0.4, 0.5) is 9.59 Å². The van der Waals surface area contributed by atoms with E-state index in [0.29, 0.717) is 6.42 Å². The molecule has 0 spiro atoms. The first-order valence-electron chi connectivity index (χ1n) is 32.7. The van der Waals surface area contributed by atoms with Gasteiger partial charge in [0.05, 0.1) is 21.9 Å². The van der Waals surface area contributed by atoms with E-state index in [1.54, 1.807) is 81.4 Å². The van der Waals surface area contributed by atoms with Crippen LogP contribution >= 0.6 is 0 Å². The predicted molar refractivity (Wildman–Crippen MR) is 351 cm³/mol. The number of ketones is 1. The highest BCUT2D eigenvalue weighted by Crippen LogP contribution is 2.66. The summed E-state index contributed by atoms with van der Waals surface area (Å²) in [6.07, 6.45) is 2.71. The fraction of sp³-hybridized carbons (Fsp3) is 0.652. The minimum Gasteiger partial charge on any atom is -0.381 e. The lowest BCUT2D eigenvalue weighted by Crippen LogP contribution is -2.63. The summed E-state index contributed by atoms with van der Waals surface area (Å²) < 4.78 is 55.1. The SMILES string of the molecule is CC(C)[C@H](NC(=O)N[C@H](C(=O)N1C[C@H]2[C@@H]([C@H]1C(=O)NC(CC1CC1)C(=O)C(N)=O)C2(C)C)C(C)(C)C)C(=O)NS(=O)(=O)c1ccccc1.CC(C)[C@H](NC(=O)N[C@H](C(=O)N1C[C@H]2[C@@H]([C@H]1C(=O)NC(CC1CC1)C(O)C(N)=O)C2(C)C)C(C)(C)C)C(=O)NS(=O)(=O)c1ccccc1. The van der Waals surface area contributed by atoms with Crippen LogP contribution in [-0.4, -0.2) is 164 Å². The number of piperidine rings is 2. The van der Waals surface area contributed by atoms with Crippen molar-refractivity contribution in [2.24, 2.45) is 80.5 Å². The van der Waals surface area contributed by atoms with Crippen LogP contribution in [0.15, 0.2) is 70.5 Å². The number of rotatable bonds is 26. The van der Waals surface area contributed by atoms with Crippen molar-refractivity contribution in [3.05, 3.63) is 60.7 Å². The molecule has 2 aromatic carbocycles. The van der Waals surface area contributed by atoms with E-state index in [1.165, 1.54) is 58.3 Å². The van der Waals surface area contributed by atoms with E-state index in [4.69, 9.17) is 11.5 Å². The van der Waals surface area contributed by atoms with Crippen LogP contribution in [0.25, 0.3) is 0 Å². The molecule has 6 aliphatic rings. The van der Waals surface area contributed by atoms with E-state index in [9.17, 15) is 74.7 Å². The number of fused-ring (bicyclic) bond motifs is 2. The lowest BCUT2D eigenvalue weighted by Gasteiger charge is -2.38. The van der Waals surface area contributed by atoms with E-state index < -0.39 is 162 Å². The van der Waals surface area contributed by atoms with Crippen LogP contribution in [0.1, 0.15) is 135 Å². The Morgan fingerprint density at radius 1 is 0.542 bits per heavy atom. The van der Waals surface area contributed by atoms with Crippen molar-refractivity contribution in [2.75, 3.05) is 13.1 Å². The molecule has 12 amide bonds. The Morgan fingerprint density at radius 2 is 0.896 bits per heavy atom. The van der Waals surface area contributed by atoms with Gasteiger partial charge < -0.3 is 58.3 Å². The van der Waals surface area contributed by atoms with Crippen molar-refractivity contribution >= 4 is 85.1 Å². The lowest BCUT2D eigenvalue weighted by molar-refractivity contribution is -0.145. The molecule has 6 fully saturated rings. The van der Waals surface area contributed by atoms with Gasteiger partial charge in [0, 0.05) is 13.1 Å². The Labute approximate surface area is 562 Å². The third kappa shape index (κ3) is 17.7. The molecule has 96 heavy (non-hydrogen) atoms. The number of carbonyl (C=O) groups is 11. The molecule has 8 rings (SSSR count). The Morgan fingerprint density at radius 3 is 1.22 bits per heavy atom. The smallest absolute Gasteiger partial charge is 0.316 e. The largest absolute Gasteiger partial charge is 0.381 e. The van der Waals surface area contributed by atoms with Crippen LogP contribution in [-0.2, 0) is 63.2 Å². The van der Waals surface area contributed by atoms with Crippen molar-refractivity contribution in [2.45, 2.75) is 200 Å². The second-order valence-corrected chi connectivity index (χ2v) is 34.1. The van der Waals surface area contributed by atoms with Crippen LogP contribution in [0.5, 0.6) is 0 Å². The molecule has 3 unspecified atom stereocenters. The zero-order valence-corrected chi connectivity index (χ0v) is 58.8. The van der Waals surface area contributed by atoms with E-state index in [1.807, 2.05) is 37.1 Å². The highest BCUT2D eigenvalue weighted by Gasteiger charge is 2.71. The number of benzene rings is 2. The molecular formula is C66H98N12O16S2. The molecule has 28 nitrogen and oxygen atoms in total. The highest BCUT2D eigenvalue weighted by molar-refractivity contribution is 7.90. The monoisotopic (exact) mass is 1380 g/mol. The molecule has 13 atom stereocenters. The third-order valence-electron chi connectivity index (χ3n) is 19.8. The maximum Gasteiger partial charge on any atom is 0.316 e. The van der Waals surface area contributed by atoms with Crippen molar-refractivity contribution in [1.82, 2.24) is 51.1 Å². The quantitative estimate of drug-likeness (QED) is 0.0599. The van der Waals surface area contributed by atoms with Gasteiger partial charge in [-0.15, -0.1) is 0 Å². The van der Waals surface area contributed by atoms with Gasteiger partial charge in [0.1, 0.15) is 36.3 Å². The van der Waals surface area contributed by atoms with Gasteiger partial charge in [-0.1, -0.05) is 159 Å². The number of aliphatic hydroxyl groups excluding tert-OH is 1. The number of urea groups is 2. The molecule has 13 N–H and O–H groups in total. The Hall–Kier alpha value is -7.73.